The SMILES string of the molecule is CC(Cc1cccc(NC(=O)NCc2ccccc2)c1)NCC(O)c1ccc2c(c1)COC(C)(C)O2. The van der Waals surface area contributed by atoms with Gasteiger partial charge in [-0.15, -0.1) is 0 Å². The number of amides is 2. The number of aliphatic hydroxyl groups excluding tert-OH is 1. The molecule has 2 amide bonds. The minimum atomic E-state index is -0.644. The second kappa shape index (κ2) is 11.6. The van der Waals surface area contributed by atoms with Crippen molar-refractivity contribution in [3.8, 4) is 5.75 Å². The molecular formula is C29H35N3O4. The molecule has 1 aliphatic rings. The van der Waals surface area contributed by atoms with E-state index in [2.05, 4.69) is 22.9 Å². The number of hydrogen-bond acceptors (Lipinski definition) is 5. The van der Waals surface area contributed by atoms with Crippen LogP contribution in [0.5, 0.6) is 5.75 Å². The predicted octanol–water partition coefficient (Wildman–Crippen LogP) is 4.91. The van der Waals surface area contributed by atoms with Crippen molar-refractivity contribution in [3.63, 3.8) is 0 Å². The van der Waals surface area contributed by atoms with Gasteiger partial charge in [0.15, 0.2) is 0 Å². The van der Waals surface area contributed by atoms with E-state index in [0.717, 1.165) is 40.1 Å². The molecule has 4 rings (SSSR count). The average Bonchev–Trinajstić information content (AvgIpc) is 2.86. The first kappa shape index (κ1) is 25.7. The monoisotopic (exact) mass is 489 g/mol. The van der Waals surface area contributed by atoms with Crippen LogP contribution in [0.3, 0.4) is 0 Å². The lowest BCUT2D eigenvalue weighted by Crippen LogP contribution is -2.35. The van der Waals surface area contributed by atoms with Gasteiger partial charge in [0.05, 0.1) is 12.7 Å². The van der Waals surface area contributed by atoms with Crippen LogP contribution in [-0.4, -0.2) is 29.5 Å². The molecule has 1 aliphatic heterocycles. The Hall–Kier alpha value is -3.39. The third-order valence-electron chi connectivity index (χ3n) is 6.08. The molecule has 7 heteroatoms. The summed E-state index contributed by atoms with van der Waals surface area (Å²) in [6.07, 6.45) is 0.114. The van der Waals surface area contributed by atoms with Gasteiger partial charge < -0.3 is 30.5 Å². The van der Waals surface area contributed by atoms with E-state index in [1.54, 1.807) is 0 Å². The highest BCUT2D eigenvalue weighted by atomic mass is 16.7. The van der Waals surface area contributed by atoms with Crippen molar-refractivity contribution in [2.45, 2.75) is 58.3 Å². The molecule has 7 nitrogen and oxygen atoms in total. The van der Waals surface area contributed by atoms with Crippen LogP contribution in [-0.2, 0) is 24.3 Å². The summed E-state index contributed by atoms with van der Waals surface area (Å²) >= 11 is 0. The molecule has 0 saturated carbocycles. The first-order valence-electron chi connectivity index (χ1n) is 12.3. The molecule has 4 N–H and O–H groups in total. The number of urea groups is 1. The Bertz CT molecular complexity index is 1170. The van der Waals surface area contributed by atoms with E-state index in [1.807, 2.05) is 86.6 Å². The molecule has 0 fully saturated rings. The molecule has 2 unspecified atom stereocenters. The second-order valence-corrected chi connectivity index (χ2v) is 9.68. The zero-order valence-corrected chi connectivity index (χ0v) is 21.1. The minimum absolute atomic E-state index is 0.131. The quantitative estimate of drug-likeness (QED) is 0.343. The van der Waals surface area contributed by atoms with E-state index in [1.165, 1.54) is 0 Å². The van der Waals surface area contributed by atoms with Gasteiger partial charge in [-0.05, 0) is 54.3 Å². The Labute approximate surface area is 212 Å². The van der Waals surface area contributed by atoms with Crippen LogP contribution in [0.2, 0.25) is 0 Å². The van der Waals surface area contributed by atoms with Crippen LogP contribution in [0.25, 0.3) is 0 Å². The highest BCUT2D eigenvalue weighted by molar-refractivity contribution is 5.89. The third kappa shape index (κ3) is 7.31. The summed E-state index contributed by atoms with van der Waals surface area (Å²) in [6.45, 7) is 7.20. The van der Waals surface area contributed by atoms with Crippen molar-refractivity contribution >= 4 is 11.7 Å². The smallest absolute Gasteiger partial charge is 0.319 e. The summed E-state index contributed by atoms with van der Waals surface area (Å²) in [7, 11) is 0. The van der Waals surface area contributed by atoms with Crippen LogP contribution in [0, 0.1) is 0 Å². The number of benzene rings is 3. The number of anilines is 1. The maximum atomic E-state index is 12.3. The van der Waals surface area contributed by atoms with Crippen molar-refractivity contribution in [1.82, 2.24) is 10.6 Å². The van der Waals surface area contributed by atoms with E-state index in [-0.39, 0.29) is 12.1 Å². The molecule has 0 radical (unpaired) electrons. The fourth-order valence-corrected chi connectivity index (χ4v) is 4.15. The molecule has 2 atom stereocenters. The summed E-state index contributed by atoms with van der Waals surface area (Å²) in [6, 6.07) is 23.2. The van der Waals surface area contributed by atoms with Crippen LogP contribution in [0.1, 0.15) is 49.1 Å². The van der Waals surface area contributed by atoms with Gasteiger partial charge in [-0.3, -0.25) is 0 Å². The molecule has 0 aromatic heterocycles. The lowest BCUT2D eigenvalue weighted by atomic mass is 10.0. The van der Waals surface area contributed by atoms with Gasteiger partial charge in [0.1, 0.15) is 5.75 Å². The van der Waals surface area contributed by atoms with Crippen molar-refractivity contribution in [1.29, 1.82) is 0 Å². The van der Waals surface area contributed by atoms with Gasteiger partial charge in [-0.25, -0.2) is 4.79 Å². The molecule has 0 spiro atoms. The van der Waals surface area contributed by atoms with Gasteiger partial charge in [0.2, 0.25) is 5.79 Å². The molecule has 36 heavy (non-hydrogen) atoms. The summed E-state index contributed by atoms with van der Waals surface area (Å²) in [5.41, 5.74) is 4.65. The number of nitrogens with one attached hydrogen (secondary N) is 3. The van der Waals surface area contributed by atoms with E-state index < -0.39 is 11.9 Å². The van der Waals surface area contributed by atoms with Crippen LogP contribution in [0.4, 0.5) is 10.5 Å². The number of carbonyl (C=O) groups is 1. The van der Waals surface area contributed by atoms with Gasteiger partial charge in [0, 0.05) is 44.2 Å². The van der Waals surface area contributed by atoms with Crippen molar-refractivity contribution in [2.75, 3.05) is 11.9 Å². The maximum absolute atomic E-state index is 12.3. The number of aliphatic hydroxyl groups is 1. The highest BCUT2D eigenvalue weighted by Gasteiger charge is 2.27. The summed E-state index contributed by atoms with van der Waals surface area (Å²) in [5.74, 6) is 0.161. The lowest BCUT2D eigenvalue weighted by Gasteiger charge is -2.33. The van der Waals surface area contributed by atoms with E-state index in [9.17, 15) is 9.90 Å². The predicted molar refractivity (Wildman–Crippen MR) is 141 cm³/mol. The maximum Gasteiger partial charge on any atom is 0.319 e. The minimum Gasteiger partial charge on any atom is -0.463 e. The first-order valence-corrected chi connectivity index (χ1v) is 12.3. The van der Waals surface area contributed by atoms with E-state index in [4.69, 9.17) is 9.47 Å². The standard InChI is InChI=1S/C29H35N3O4/c1-20(30-18-26(33)23-12-13-27-24(16-23)19-35-29(2,3)36-27)14-22-10-7-11-25(15-22)32-28(34)31-17-21-8-5-4-6-9-21/h4-13,15-16,20,26,30,33H,14,17-19H2,1-3H3,(H2,31,32,34). The van der Waals surface area contributed by atoms with Crippen LogP contribution in [0.15, 0.2) is 72.8 Å². The summed E-state index contributed by atoms with van der Waals surface area (Å²) in [5, 5.41) is 19.9. The molecule has 3 aromatic carbocycles. The van der Waals surface area contributed by atoms with Crippen molar-refractivity contribution < 1.29 is 19.4 Å². The number of fused-ring (bicyclic) bond motifs is 1. The van der Waals surface area contributed by atoms with Crippen molar-refractivity contribution in [2.24, 2.45) is 0 Å². The first-order chi connectivity index (χ1) is 17.3. The van der Waals surface area contributed by atoms with Crippen LogP contribution < -0.4 is 20.7 Å². The molecule has 0 bridgehead atoms. The van der Waals surface area contributed by atoms with Crippen molar-refractivity contribution in [3.05, 3.63) is 95.1 Å². The fourth-order valence-electron chi connectivity index (χ4n) is 4.15. The van der Waals surface area contributed by atoms with E-state index >= 15 is 0 Å². The Morgan fingerprint density at radius 1 is 1.03 bits per heavy atom. The normalized spacial score (nSPS) is 15.8. The Balaban J connectivity index is 1.24. The molecular weight excluding hydrogens is 454 g/mol. The number of ether oxygens (including phenoxy) is 2. The number of hydrogen-bond donors (Lipinski definition) is 4. The van der Waals surface area contributed by atoms with Crippen LogP contribution >= 0.6 is 0 Å². The molecule has 1 heterocycles. The van der Waals surface area contributed by atoms with Gasteiger partial charge in [0.25, 0.3) is 0 Å². The molecule has 0 aliphatic carbocycles. The Morgan fingerprint density at radius 3 is 2.61 bits per heavy atom. The third-order valence-corrected chi connectivity index (χ3v) is 6.08. The molecule has 0 saturated heterocycles. The van der Waals surface area contributed by atoms with Gasteiger partial charge >= 0.3 is 6.03 Å². The zero-order chi connectivity index (χ0) is 25.5. The highest BCUT2D eigenvalue weighted by Crippen LogP contribution is 2.32. The summed E-state index contributed by atoms with van der Waals surface area (Å²) < 4.78 is 11.5. The Morgan fingerprint density at radius 2 is 1.81 bits per heavy atom. The lowest BCUT2D eigenvalue weighted by molar-refractivity contribution is -0.180. The average molecular weight is 490 g/mol. The van der Waals surface area contributed by atoms with Gasteiger partial charge in [-0.1, -0.05) is 48.5 Å². The zero-order valence-electron chi connectivity index (χ0n) is 21.1. The van der Waals surface area contributed by atoms with Gasteiger partial charge in [-0.2, -0.15) is 0 Å². The summed E-state index contributed by atoms with van der Waals surface area (Å²) in [4.78, 5) is 12.3. The fraction of sp³-hybridized carbons (Fsp3) is 0.345. The molecule has 3 aromatic rings. The Kier molecular flexibility index (Phi) is 8.25. The largest absolute Gasteiger partial charge is 0.463 e. The van der Waals surface area contributed by atoms with E-state index in [0.29, 0.717) is 19.7 Å². The second-order valence-electron chi connectivity index (χ2n) is 9.68. The number of carbonyl (C=O) groups excluding carboxylic acids is 1. The molecule has 190 valence electrons. The number of rotatable bonds is 9. The topological polar surface area (TPSA) is 91.9 Å².